The number of anilines is 1. The van der Waals surface area contributed by atoms with Gasteiger partial charge in [-0.1, -0.05) is 18.2 Å². The summed E-state index contributed by atoms with van der Waals surface area (Å²) in [5.41, 5.74) is 10.3. The Labute approximate surface area is 114 Å². The second-order valence-corrected chi connectivity index (χ2v) is 6.26. The van der Waals surface area contributed by atoms with Gasteiger partial charge in [-0.15, -0.1) is 11.3 Å². The summed E-state index contributed by atoms with van der Waals surface area (Å²) < 4.78 is 3.30. The molecule has 0 unspecified atom stereocenters. The van der Waals surface area contributed by atoms with Gasteiger partial charge in [-0.3, -0.25) is 0 Å². The number of aryl methyl sites for hydroxylation is 1. The van der Waals surface area contributed by atoms with Gasteiger partial charge in [0, 0.05) is 12.4 Å². The molecule has 0 amide bonds. The fraction of sp³-hybridized carbons (Fsp3) is 0.267. The van der Waals surface area contributed by atoms with Crippen LogP contribution in [0.15, 0.2) is 18.2 Å². The monoisotopic (exact) mass is 267 g/mol. The molecule has 2 N–H and O–H groups in total. The molecule has 19 heavy (non-hydrogen) atoms. The van der Waals surface area contributed by atoms with Crippen molar-refractivity contribution in [2.75, 3.05) is 5.73 Å². The van der Waals surface area contributed by atoms with Gasteiger partial charge in [0.2, 0.25) is 0 Å². The van der Waals surface area contributed by atoms with Crippen LogP contribution in [0.2, 0.25) is 0 Å². The Morgan fingerprint density at radius 2 is 2.16 bits per heavy atom. The van der Waals surface area contributed by atoms with Gasteiger partial charge < -0.3 is 10.3 Å². The summed E-state index contributed by atoms with van der Waals surface area (Å²) in [5, 5.41) is 11.2. The molecule has 3 nitrogen and oxygen atoms in total. The van der Waals surface area contributed by atoms with Crippen LogP contribution in [0.5, 0.6) is 0 Å². The van der Waals surface area contributed by atoms with Gasteiger partial charge in [-0.25, -0.2) is 0 Å². The molecule has 94 valence electrons. The molecule has 0 bridgehead atoms. The van der Waals surface area contributed by atoms with Gasteiger partial charge in [0.1, 0.15) is 16.6 Å². The zero-order chi connectivity index (χ0) is 13.1. The van der Waals surface area contributed by atoms with E-state index in [9.17, 15) is 5.26 Å². The Morgan fingerprint density at radius 3 is 2.84 bits per heavy atom. The van der Waals surface area contributed by atoms with E-state index in [0.29, 0.717) is 16.5 Å². The highest BCUT2D eigenvalue weighted by atomic mass is 32.1. The molecule has 1 aliphatic rings. The van der Waals surface area contributed by atoms with E-state index >= 15 is 0 Å². The third kappa shape index (κ3) is 1.31. The van der Waals surface area contributed by atoms with Crippen molar-refractivity contribution in [3.63, 3.8) is 0 Å². The summed E-state index contributed by atoms with van der Waals surface area (Å²) in [6.45, 7) is 0. The van der Waals surface area contributed by atoms with Crippen LogP contribution in [0.3, 0.4) is 0 Å². The van der Waals surface area contributed by atoms with Crippen LogP contribution in [-0.4, -0.2) is 4.57 Å². The number of thiophene rings is 1. The van der Waals surface area contributed by atoms with Gasteiger partial charge >= 0.3 is 0 Å². The largest absolute Gasteiger partial charge is 0.389 e. The van der Waals surface area contributed by atoms with Crippen LogP contribution in [0.1, 0.15) is 29.9 Å². The molecule has 3 aromatic rings. The standard InChI is InChI=1S/C15H13N3S/c1-18-12-9(8-5-6-8)3-2-4-10(12)14-13(18)11(7-16)15(17)19-14/h2-4,8H,5-6,17H2,1H3. The molecule has 1 saturated carbocycles. The SMILES string of the molecule is Cn1c2c(C3CC3)cccc2c2sc(N)c(C#N)c21. The minimum atomic E-state index is 0.625. The summed E-state index contributed by atoms with van der Waals surface area (Å²) in [7, 11) is 2.05. The molecular formula is C15H13N3S. The van der Waals surface area contributed by atoms with Crippen molar-refractivity contribution in [2.45, 2.75) is 18.8 Å². The summed E-state index contributed by atoms with van der Waals surface area (Å²) in [4.78, 5) is 0. The van der Waals surface area contributed by atoms with Crippen molar-refractivity contribution in [1.82, 2.24) is 4.57 Å². The van der Waals surface area contributed by atoms with Gasteiger partial charge in [0.05, 0.1) is 15.7 Å². The molecule has 0 aliphatic heterocycles. The number of fused-ring (bicyclic) bond motifs is 3. The van der Waals surface area contributed by atoms with Crippen molar-refractivity contribution in [2.24, 2.45) is 7.05 Å². The maximum atomic E-state index is 9.31. The summed E-state index contributed by atoms with van der Waals surface area (Å²) in [5.74, 6) is 0.703. The molecule has 2 aromatic heterocycles. The lowest BCUT2D eigenvalue weighted by molar-refractivity contribution is 0.991. The van der Waals surface area contributed by atoms with Gasteiger partial charge in [0.15, 0.2) is 0 Å². The minimum Gasteiger partial charge on any atom is -0.389 e. The molecule has 1 fully saturated rings. The first-order valence-electron chi connectivity index (χ1n) is 6.41. The Hall–Kier alpha value is -1.99. The van der Waals surface area contributed by atoms with E-state index in [2.05, 4.69) is 28.8 Å². The maximum absolute atomic E-state index is 9.31. The lowest BCUT2D eigenvalue weighted by Gasteiger charge is -2.05. The van der Waals surface area contributed by atoms with E-state index in [1.54, 1.807) is 0 Å². The Bertz CT molecular complexity index is 859. The summed E-state index contributed by atoms with van der Waals surface area (Å²) in [6.07, 6.45) is 2.57. The minimum absolute atomic E-state index is 0.625. The molecule has 0 spiro atoms. The summed E-state index contributed by atoms with van der Waals surface area (Å²) in [6, 6.07) is 8.73. The summed E-state index contributed by atoms with van der Waals surface area (Å²) >= 11 is 1.53. The van der Waals surface area contributed by atoms with Crippen molar-refractivity contribution < 1.29 is 0 Å². The average Bonchev–Trinajstić information content (AvgIpc) is 3.15. The molecule has 4 rings (SSSR count). The molecule has 1 aliphatic carbocycles. The van der Waals surface area contributed by atoms with E-state index in [-0.39, 0.29) is 0 Å². The first kappa shape index (κ1) is 10.9. The van der Waals surface area contributed by atoms with Crippen molar-refractivity contribution in [3.8, 4) is 6.07 Å². The highest BCUT2D eigenvalue weighted by Gasteiger charge is 2.28. The fourth-order valence-electron chi connectivity index (χ4n) is 3.00. The Kier molecular flexibility index (Phi) is 2.02. The molecule has 4 heteroatoms. The second kappa shape index (κ2) is 3.52. The fourth-order valence-corrected chi connectivity index (χ4v) is 4.08. The zero-order valence-corrected chi connectivity index (χ0v) is 11.4. The Morgan fingerprint density at radius 1 is 1.37 bits per heavy atom. The van der Waals surface area contributed by atoms with Crippen LogP contribution < -0.4 is 5.73 Å². The van der Waals surface area contributed by atoms with Gasteiger partial charge in [-0.05, 0) is 24.3 Å². The predicted molar refractivity (Wildman–Crippen MR) is 79.4 cm³/mol. The number of nitriles is 1. The van der Waals surface area contributed by atoms with E-state index in [1.807, 2.05) is 7.05 Å². The number of para-hydroxylation sites is 1. The topological polar surface area (TPSA) is 54.7 Å². The van der Waals surface area contributed by atoms with E-state index in [1.165, 1.54) is 40.6 Å². The third-order valence-corrected chi connectivity index (χ3v) is 5.06. The first-order valence-corrected chi connectivity index (χ1v) is 7.23. The second-order valence-electron chi connectivity index (χ2n) is 5.21. The van der Waals surface area contributed by atoms with Crippen LogP contribution in [0.4, 0.5) is 5.00 Å². The van der Waals surface area contributed by atoms with Crippen LogP contribution in [0, 0.1) is 11.3 Å². The number of benzene rings is 1. The molecular weight excluding hydrogens is 254 g/mol. The van der Waals surface area contributed by atoms with Crippen molar-refractivity contribution in [3.05, 3.63) is 29.3 Å². The molecule has 2 heterocycles. The van der Waals surface area contributed by atoms with E-state index in [4.69, 9.17) is 5.73 Å². The molecule has 0 radical (unpaired) electrons. The number of aromatic nitrogens is 1. The average molecular weight is 267 g/mol. The highest BCUT2D eigenvalue weighted by molar-refractivity contribution is 7.24. The van der Waals surface area contributed by atoms with Gasteiger partial charge in [-0.2, -0.15) is 5.26 Å². The predicted octanol–water partition coefficient (Wildman–Crippen LogP) is 3.72. The highest BCUT2D eigenvalue weighted by Crippen LogP contribution is 2.47. The zero-order valence-electron chi connectivity index (χ0n) is 10.6. The maximum Gasteiger partial charge on any atom is 0.110 e. The number of rotatable bonds is 1. The smallest absolute Gasteiger partial charge is 0.110 e. The number of hydrogen-bond acceptors (Lipinski definition) is 3. The normalized spacial score (nSPS) is 15.2. The quantitative estimate of drug-likeness (QED) is 0.730. The van der Waals surface area contributed by atoms with Crippen LogP contribution >= 0.6 is 11.3 Å². The molecule has 0 atom stereocenters. The van der Waals surface area contributed by atoms with E-state index < -0.39 is 0 Å². The van der Waals surface area contributed by atoms with E-state index in [0.717, 1.165) is 10.2 Å². The Balaban J connectivity index is 2.23. The van der Waals surface area contributed by atoms with Crippen molar-refractivity contribution >= 4 is 37.5 Å². The lowest BCUT2D eigenvalue weighted by atomic mass is 10.1. The van der Waals surface area contributed by atoms with Crippen LogP contribution in [-0.2, 0) is 7.05 Å². The molecule has 1 aromatic carbocycles. The molecule has 0 saturated heterocycles. The first-order chi connectivity index (χ1) is 9.22. The number of hydrogen-bond donors (Lipinski definition) is 1. The number of nitrogen functional groups attached to an aromatic ring is 1. The third-order valence-electron chi connectivity index (χ3n) is 4.02. The van der Waals surface area contributed by atoms with Gasteiger partial charge in [0.25, 0.3) is 0 Å². The van der Waals surface area contributed by atoms with Crippen LogP contribution in [0.25, 0.3) is 21.1 Å². The van der Waals surface area contributed by atoms with Crippen molar-refractivity contribution in [1.29, 1.82) is 5.26 Å². The number of nitrogens with two attached hydrogens (primary N) is 1. The lowest BCUT2D eigenvalue weighted by Crippen LogP contribution is -1.93. The number of nitrogens with zero attached hydrogens (tertiary/aromatic N) is 2.